The van der Waals surface area contributed by atoms with Gasteiger partial charge in [-0.25, -0.2) is 0 Å². The van der Waals surface area contributed by atoms with E-state index in [9.17, 15) is 0 Å². The normalized spacial score (nSPS) is 13.9. The van der Waals surface area contributed by atoms with Crippen LogP contribution in [0.3, 0.4) is 0 Å². The summed E-state index contributed by atoms with van der Waals surface area (Å²) in [6, 6.07) is 7.71. The monoisotopic (exact) mass is 313 g/mol. The molecule has 1 aliphatic heterocycles. The topological polar surface area (TPSA) is 49.2 Å². The van der Waals surface area contributed by atoms with Gasteiger partial charge in [-0.1, -0.05) is 12.2 Å². The van der Waals surface area contributed by atoms with Gasteiger partial charge in [-0.2, -0.15) is 0 Å². The summed E-state index contributed by atoms with van der Waals surface area (Å²) < 4.78 is 2.24. The van der Waals surface area contributed by atoms with Crippen LogP contribution in [0.4, 0.5) is 5.69 Å². The van der Waals surface area contributed by atoms with Gasteiger partial charge in [0, 0.05) is 23.7 Å². The van der Waals surface area contributed by atoms with Crippen LogP contribution in [0.1, 0.15) is 11.1 Å². The summed E-state index contributed by atoms with van der Waals surface area (Å²) >= 11 is 0. The third-order valence-electron chi connectivity index (χ3n) is 3.93. The Bertz CT molecular complexity index is 876. The maximum atomic E-state index is 8.95. The van der Waals surface area contributed by atoms with Gasteiger partial charge in [0.2, 0.25) is 0 Å². The summed E-state index contributed by atoms with van der Waals surface area (Å²) in [7, 11) is 0. The van der Waals surface area contributed by atoms with Crippen LogP contribution >= 0.6 is 12.4 Å². The Balaban J connectivity index is 0.00000144. The van der Waals surface area contributed by atoms with Crippen molar-refractivity contribution in [2.45, 2.75) is 6.42 Å². The highest BCUT2D eigenvalue weighted by molar-refractivity contribution is 5.85. The molecular weight excluding hydrogens is 298 g/mol. The van der Waals surface area contributed by atoms with Crippen molar-refractivity contribution in [3.05, 3.63) is 64.4 Å². The number of hydrogen-bond donors (Lipinski definition) is 3. The molecule has 0 saturated heterocycles. The minimum absolute atomic E-state index is 0. The molecule has 0 unspecified atom stereocenters. The molecule has 1 aliphatic carbocycles. The number of halogens is 1. The number of nitrogens with one attached hydrogen (secondary N) is 2. The maximum Gasteiger partial charge on any atom is 0.0698 e. The van der Waals surface area contributed by atoms with Gasteiger partial charge in [-0.05, 0) is 48.4 Å². The molecule has 4 rings (SSSR count). The lowest BCUT2D eigenvalue weighted by molar-refractivity contribution is 0.389. The first-order valence-corrected chi connectivity index (χ1v) is 6.92. The molecule has 0 fully saturated rings. The lowest BCUT2D eigenvalue weighted by Gasteiger charge is -2.08. The minimum Gasteiger partial charge on any atom is -0.366 e. The average molecular weight is 314 g/mol. The van der Waals surface area contributed by atoms with E-state index in [-0.39, 0.29) is 12.4 Å². The van der Waals surface area contributed by atoms with E-state index in [1.54, 1.807) is 0 Å². The van der Waals surface area contributed by atoms with E-state index in [2.05, 4.69) is 39.7 Å². The zero-order chi connectivity index (χ0) is 14.2. The van der Waals surface area contributed by atoms with Crippen molar-refractivity contribution in [1.82, 2.24) is 9.88 Å². The fraction of sp³-hybridized carbons (Fsp3) is 0.0588. The van der Waals surface area contributed by atoms with Crippen LogP contribution in [-0.4, -0.2) is 9.77 Å². The molecule has 0 spiro atoms. The Hall–Kier alpha value is -2.43. The molecule has 0 radical (unpaired) electrons. The maximum absolute atomic E-state index is 8.95. The van der Waals surface area contributed by atoms with E-state index in [0.717, 1.165) is 17.5 Å². The van der Waals surface area contributed by atoms with Crippen molar-refractivity contribution >= 4 is 36.4 Å². The summed E-state index contributed by atoms with van der Waals surface area (Å²) in [5, 5.41) is 14.5. The van der Waals surface area contributed by atoms with Gasteiger partial charge >= 0.3 is 0 Å². The summed E-state index contributed by atoms with van der Waals surface area (Å²) in [4.78, 5) is 0. The molecule has 0 saturated carbocycles. The number of anilines is 1. The van der Waals surface area contributed by atoms with Gasteiger partial charge < -0.3 is 9.88 Å². The second kappa shape index (κ2) is 5.75. The minimum atomic E-state index is 0. The van der Waals surface area contributed by atoms with E-state index in [1.165, 1.54) is 16.5 Å². The molecule has 112 valence electrons. The molecule has 0 bridgehead atoms. The summed E-state index contributed by atoms with van der Waals surface area (Å²) in [6.07, 6.45) is 13.5. The lowest BCUT2D eigenvalue weighted by Crippen LogP contribution is -2.28. The van der Waals surface area contributed by atoms with Crippen molar-refractivity contribution < 1.29 is 5.21 Å². The van der Waals surface area contributed by atoms with Crippen molar-refractivity contribution in [3.63, 3.8) is 0 Å². The first kappa shape index (κ1) is 14.5. The van der Waals surface area contributed by atoms with Crippen LogP contribution in [-0.2, 0) is 6.42 Å². The van der Waals surface area contributed by atoms with E-state index >= 15 is 0 Å². The standard InChI is InChI=1S/C17H15N3O.ClH/c21-19-12-5-7-13(8-6-12)20-16-4-2-1-3-14(16)15-9-10-18-11-17(15)20;/h1-2,4-11,18-19,21H,3H2;1H. The average Bonchev–Trinajstić information content (AvgIpc) is 2.90. The predicted octanol–water partition coefficient (Wildman–Crippen LogP) is 1.90. The summed E-state index contributed by atoms with van der Waals surface area (Å²) in [5.74, 6) is 0. The quantitative estimate of drug-likeness (QED) is 0.742. The van der Waals surface area contributed by atoms with E-state index in [1.807, 2.05) is 36.7 Å². The smallest absolute Gasteiger partial charge is 0.0698 e. The zero-order valence-corrected chi connectivity index (χ0v) is 12.6. The van der Waals surface area contributed by atoms with Gasteiger partial charge in [0.25, 0.3) is 0 Å². The predicted molar refractivity (Wildman–Crippen MR) is 91.6 cm³/mol. The molecule has 3 N–H and O–H groups in total. The highest BCUT2D eigenvalue weighted by atomic mass is 35.5. The Morgan fingerprint density at radius 1 is 1.14 bits per heavy atom. The van der Waals surface area contributed by atoms with E-state index in [4.69, 9.17) is 5.21 Å². The number of allylic oxidation sites excluding steroid dienone is 2. The number of hydrogen-bond acceptors (Lipinski definition) is 3. The van der Waals surface area contributed by atoms with Crippen molar-refractivity contribution in [3.8, 4) is 5.69 Å². The molecule has 2 aromatic rings. The largest absolute Gasteiger partial charge is 0.366 e. The van der Waals surface area contributed by atoms with Gasteiger partial charge in [-0.3, -0.25) is 10.7 Å². The summed E-state index contributed by atoms with van der Waals surface area (Å²) in [5.41, 5.74) is 6.54. The molecular formula is C17H16ClN3O. The summed E-state index contributed by atoms with van der Waals surface area (Å²) in [6.45, 7) is 0. The van der Waals surface area contributed by atoms with Crippen LogP contribution in [0.15, 0.2) is 42.6 Å². The second-order valence-electron chi connectivity index (χ2n) is 5.10. The van der Waals surface area contributed by atoms with Gasteiger partial charge in [0.15, 0.2) is 0 Å². The van der Waals surface area contributed by atoms with Crippen LogP contribution in [0.2, 0.25) is 0 Å². The SMILES string of the molecule is Cl.ONc1ccc(-n2c3c(c4c2=CC=CC4)C=CNC=3)cc1. The van der Waals surface area contributed by atoms with Gasteiger partial charge in [-0.15, -0.1) is 12.4 Å². The van der Waals surface area contributed by atoms with Crippen LogP contribution in [0.5, 0.6) is 0 Å². The molecule has 22 heavy (non-hydrogen) atoms. The van der Waals surface area contributed by atoms with Crippen LogP contribution in [0.25, 0.3) is 24.0 Å². The highest BCUT2D eigenvalue weighted by Crippen LogP contribution is 2.15. The van der Waals surface area contributed by atoms with Crippen molar-refractivity contribution in [1.29, 1.82) is 0 Å². The zero-order valence-electron chi connectivity index (χ0n) is 11.8. The Morgan fingerprint density at radius 3 is 2.73 bits per heavy atom. The first-order valence-electron chi connectivity index (χ1n) is 6.92. The number of rotatable bonds is 2. The third kappa shape index (κ3) is 2.13. The number of benzene rings is 1. The number of fused-ring (bicyclic) bond motifs is 3. The Morgan fingerprint density at radius 2 is 1.95 bits per heavy atom. The van der Waals surface area contributed by atoms with Crippen molar-refractivity contribution in [2.24, 2.45) is 0 Å². The molecule has 2 aliphatic rings. The number of nitrogens with zero attached hydrogens (tertiary/aromatic N) is 1. The Kier molecular flexibility index (Phi) is 3.79. The molecule has 1 aromatic carbocycles. The molecule has 0 atom stereocenters. The molecule has 5 heteroatoms. The van der Waals surface area contributed by atoms with E-state index in [0.29, 0.717) is 5.69 Å². The Labute approximate surface area is 134 Å². The van der Waals surface area contributed by atoms with Crippen molar-refractivity contribution in [2.75, 3.05) is 5.48 Å². The molecule has 1 aromatic heterocycles. The van der Waals surface area contributed by atoms with Crippen LogP contribution < -0.4 is 21.5 Å². The lowest BCUT2D eigenvalue weighted by atomic mass is 10.0. The molecule has 4 nitrogen and oxygen atoms in total. The fourth-order valence-electron chi connectivity index (χ4n) is 2.96. The fourth-order valence-corrected chi connectivity index (χ4v) is 2.96. The van der Waals surface area contributed by atoms with Crippen LogP contribution in [0, 0.1) is 0 Å². The van der Waals surface area contributed by atoms with E-state index < -0.39 is 0 Å². The molecule has 0 amide bonds. The number of aromatic nitrogens is 1. The molecule has 2 heterocycles. The second-order valence-corrected chi connectivity index (χ2v) is 5.10. The third-order valence-corrected chi connectivity index (χ3v) is 3.93. The van der Waals surface area contributed by atoms with Gasteiger partial charge in [0.05, 0.1) is 16.4 Å². The van der Waals surface area contributed by atoms with Gasteiger partial charge in [0.1, 0.15) is 0 Å². The first-order chi connectivity index (χ1) is 10.4. The highest BCUT2D eigenvalue weighted by Gasteiger charge is 2.15.